The van der Waals surface area contributed by atoms with E-state index in [4.69, 9.17) is 9.47 Å². The molecule has 0 amide bonds. The number of rotatable bonds is 9. The first-order valence-electron chi connectivity index (χ1n) is 8.01. The average molecular weight is 293 g/mol. The number of methoxy groups -OCH3 is 1. The number of hydrogen-bond donors (Lipinski definition) is 1. The Morgan fingerprint density at radius 2 is 2.38 bits per heavy atom. The smallest absolute Gasteiger partial charge is 0.216 e. The van der Waals surface area contributed by atoms with Gasteiger partial charge in [0.1, 0.15) is 6.33 Å². The third-order valence-electron chi connectivity index (χ3n) is 3.91. The van der Waals surface area contributed by atoms with E-state index in [9.17, 15) is 0 Å². The summed E-state index contributed by atoms with van der Waals surface area (Å²) in [5.41, 5.74) is 1.03. The van der Waals surface area contributed by atoms with Crippen molar-refractivity contribution in [3.8, 4) is 5.88 Å². The molecule has 1 aromatic heterocycles. The van der Waals surface area contributed by atoms with Crippen LogP contribution in [0.1, 0.15) is 44.7 Å². The Morgan fingerprint density at radius 1 is 1.48 bits per heavy atom. The summed E-state index contributed by atoms with van der Waals surface area (Å²) in [6.07, 6.45) is 8.75. The molecule has 1 aromatic rings. The van der Waals surface area contributed by atoms with Gasteiger partial charge in [0, 0.05) is 30.8 Å². The first-order chi connectivity index (χ1) is 10.3. The van der Waals surface area contributed by atoms with Gasteiger partial charge in [0.15, 0.2) is 0 Å². The molecule has 2 rings (SSSR count). The van der Waals surface area contributed by atoms with Gasteiger partial charge >= 0.3 is 0 Å². The van der Waals surface area contributed by atoms with E-state index in [1.165, 1.54) is 12.8 Å². The monoisotopic (exact) mass is 293 g/mol. The lowest BCUT2D eigenvalue weighted by molar-refractivity contribution is 0.0995. The van der Waals surface area contributed by atoms with Crippen LogP contribution in [0.5, 0.6) is 5.88 Å². The molecule has 1 aliphatic rings. The molecule has 0 spiro atoms. The van der Waals surface area contributed by atoms with Gasteiger partial charge < -0.3 is 14.8 Å². The van der Waals surface area contributed by atoms with E-state index < -0.39 is 0 Å². The number of ether oxygens (including phenoxy) is 2. The Morgan fingerprint density at radius 3 is 3.10 bits per heavy atom. The minimum Gasteiger partial charge on any atom is -0.481 e. The predicted octanol–water partition coefficient (Wildman–Crippen LogP) is 2.36. The zero-order valence-corrected chi connectivity index (χ0v) is 13.2. The van der Waals surface area contributed by atoms with E-state index in [0.717, 1.165) is 44.5 Å². The van der Waals surface area contributed by atoms with Crippen molar-refractivity contribution in [2.24, 2.45) is 0 Å². The first kappa shape index (κ1) is 16.2. The van der Waals surface area contributed by atoms with E-state index in [0.29, 0.717) is 18.0 Å². The number of hydrogen-bond acceptors (Lipinski definition) is 5. The van der Waals surface area contributed by atoms with Crippen molar-refractivity contribution in [2.45, 2.75) is 57.6 Å². The molecule has 0 aliphatic carbocycles. The van der Waals surface area contributed by atoms with Crippen LogP contribution in [0.4, 0.5) is 0 Å². The Labute approximate surface area is 127 Å². The molecular formula is C16H27N3O2. The van der Waals surface area contributed by atoms with Crippen LogP contribution in [0.2, 0.25) is 0 Å². The van der Waals surface area contributed by atoms with Crippen molar-refractivity contribution < 1.29 is 9.47 Å². The van der Waals surface area contributed by atoms with Gasteiger partial charge in [0.05, 0.1) is 13.2 Å². The highest BCUT2D eigenvalue weighted by molar-refractivity contribution is 5.14. The van der Waals surface area contributed by atoms with Crippen molar-refractivity contribution in [1.29, 1.82) is 0 Å². The highest BCUT2D eigenvalue weighted by Crippen LogP contribution is 2.19. The van der Waals surface area contributed by atoms with E-state index in [1.807, 2.05) is 6.07 Å². The molecule has 2 heterocycles. The summed E-state index contributed by atoms with van der Waals surface area (Å²) in [5, 5.41) is 3.62. The lowest BCUT2D eigenvalue weighted by Crippen LogP contribution is -2.33. The molecule has 118 valence electrons. The van der Waals surface area contributed by atoms with Crippen molar-refractivity contribution in [3.63, 3.8) is 0 Å². The van der Waals surface area contributed by atoms with Crippen LogP contribution in [0, 0.1) is 0 Å². The summed E-state index contributed by atoms with van der Waals surface area (Å²) in [7, 11) is 1.64. The zero-order chi connectivity index (χ0) is 14.9. The maximum absolute atomic E-state index is 5.72. The molecule has 0 bridgehead atoms. The fourth-order valence-corrected chi connectivity index (χ4v) is 2.74. The molecule has 0 radical (unpaired) electrons. The fraction of sp³-hybridized carbons (Fsp3) is 0.750. The summed E-state index contributed by atoms with van der Waals surface area (Å²) < 4.78 is 10.9. The van der Waals surface area contributed by atoms with Crippen LogP contribution < -0.4 is 10.1 Å². The van der Waals surface area contributed by atoms with Gasteiger partial charge in [-0.3, -0.25) is 0 Å². The summed E-state index contributed by atoms with van der Waals surface area (Å²) in [5.74, 6) is 0.633. The number of aromatic nitrogens is 2. The van der Waals surface area contributed by atoms with Crippen molar-refractivity contribution in [1.82, 2.24) is 15.3 Å². The zero-order valence-electron chi connectivity index (χ0n) is 13.2. The summed E-state index contributed by atoms with van der Waals surface area (Å²) in [6, 6.07) is 2.36. The highest BCUT2D eigenvalue weighted by Gasteiger charge is 2.18. The van der Waals surface area contributed by atoms with Crippen LogP contribution in [-0.4, -0.2) is 42.4 Å². The molecule has 21 heavy (non-hydrogen) atoms. The molecule has 5 heteroatoms. The van der Waals surface area contributed by atoms with Gasteiger partial charge in [-0.15, -0.1) is 0 Å². The second-order valence-corrected chi connectivity index (χ2v) is 5.62. The number of nitrogens with one attached hydrogen (secondary N) is 1. The SMILES string of the molecule is CCCNC(CCC1CCCO1)Cc1cc(OC)ncn1. The second kappa shape index (κ2) is 8.95. The lowest BCUT2D eigenvalue weighted by atomic mass is 10.0. The minimum atomic E-state index is 0.439. The standard InChI is InChI=1S/C16H27N3O2/c1-3-8-17-13(6-7-15-5-4-9-21-15)10-14-11-16(20-2)19-12-18-14/h11-13,15,17H,3-10H2,1-2H3. The quantitative estimate of drug-likeness (QED) is 0.757. The highest BCUT2D eigenvalue weighted by atomic mass is 16.5. The topological polar surface area (TPSA) is 56.3 Å². The maximum Gasteiger partial charge on any atom is 0.216 e. The minimum absolute atomic E-state index is 0.439. The van der Waals surface area contributed by atoms with Crippen LogP contribution in [0.15, 0.2) is 12.4 Å². The molecule has 2 atom stereocenters. The van der Waals surface area contributed by atoms with E-state index in [1.54, 1.807) is 13.4 Å². The molecule has 1 saturated heterocycles. The van der Waals surface area contributed by atoms with Crippen LogP contribution >= 0.6 is 0 Å². The molecule has 1 fully saturated rings. The van der Waals surface area contributed by atoms with Gasteiger partial charge in [0.25, 0.3) is 0 Å². The van der Waals surface area contributed by atoms with Crippen LogP contribution in [0.3, 0.4) is 0 Å². The lowest BCUT2D eigenvalue weighted by Gasteiger charge is -2.20. The Balaban J connectivity index is 1.87. The molecule has 0 saturated carbocycles. The van der Waals surface area contributed by atoms with E-state index in [2.05, 4.69) is 22.2 Å². The van der Waals surface area contributed by atoms with Crippen LogP contribution in [0.25, 0.3) is 0 Å². The Bertz CT molecular complexity index is 408. The average Bonchev–Trinajstić information content (AvgIpc) is 3.03. The predicted molar refractivity (Wildman–Crippen MR) is 82.6 cm³/mol. The maximum atomic E-state index is 5.72. The fourth-order valence-electron chi connectivity index (χ4n) is 2.74. The molecule has 5 nitrogen and oxygen atoms in total. The van der Waals surface area contributed by atoms with E-state index in [-0.39, 0.29) is 0 Å². The largest absolute Gasteiger partial charge is 0.481 e. The summed E-state index contributed by atoms with van der Waals surface area (Å²) >= 11 is 0. The van der Waals surface area contributed by atoms with Crippen molar-refractivity contribution in [2.75, 3.05) is 20.3 Å². The summed E-state index contributed by atoms with van der Waals surface area (Å²) in [4.78, 5) is 8.42. The van der Waals surface area contributed by atoms with Gasteiger partial charge in [-0.1, -0.05) is 6.92 Å². The first-order valence-corrected chi connectivity index (χ1v) is 8.01. The normalized spacial score (nSPS) is 19.6. The Hall–Kier alpha value is -1.20. The summed E-state index contributed by atoms with van der Waals surface area (Å²) in [6.45, 7) is 4.16. The Kier molecular flexibility index (Phi) is 6.89. The van der Waals surface area contributed by atoms with Gasteiger partial charge in [-0.05, 0) is 38.6 Å². The molecular weight excluding hydrogens is 266 g/mol. The third kappa shape index (κ3) is 5.59. The van der Waals surface area contributed by atoms with Gasteiger partial charge in [0.2, 0.25) is 5.88 Å². The molecule has 1 aliphatic heterocycles. The third-order valence-corrected chi connectivity index (χ3v) is 3.91. The second-order valence-electron chi connectivity index (χ2n) is 5.62. The van der Waals surface area contributed by atoms with Crippen molar-refractivity contribution >= 4 is 0 Å². The van der Waals surface area contributed by atoms with Crippen LogP contribution in [-0.2, 0) is 11.2 Å². The van der Waals surface area contributed by atoms with Crippen molar-refractivity contribution in [3.05, 3.63) is 18.1 Å². The van der Waals surface area contributed by atoms with E-state index >= 15 is 0 Å². The number of nitrogens with zero attached hydrogens (tertiary/aromatic N) is 2. The van der Waals surface area contributed by atoms with Gasteiger partial charge in [-0.25, -0.2) is 9.97 Å². The molecule has 0 aromatic carbocycles. The van der Waals surface area contributed by atoms with Gasteiger partial charge in [-0.2, -0.15) is 0 Å². The molecule has 1 N–H and O–H groups in total. The molecule has 2 unspecified atom stereocenters.